The van der Waals surface area contributed by atoms with Gasteiger partial charge in [-0.3, -0.25) is 24.1 Å². The Balaban J connectivity index is 1.85. The molecule has 2 aliphatic rings. The number of ketones is 1. The molecule has 0 spiro atoms. The van der Waals surface area contributed by atoms with Gasteiger partial charge in [0.15, 0.2) is 5.78 Å². The lowest BCUT2D eigenvalue weighted by atomic mass is 10.2. The van der Waals surface area contributed by atoms with E-state index in [4.69, 9.17) is 0 Å². The lowest BCUT2D eigenvalue weighted by molar-refractivity contribution is -0.149. The molecule has 1 heterocycles. The van der Waals surface area contributed by atoms with Gasteiger partial charge in [-0.15, -0.1) is 0 Å². The summed E-state index contributed by atoms with van der Waals surface area (Å²) in [6.07, 6.45) is 0.223. The number of piperidine rings is 1. The summed E-state index contributed by atoms with van der Waals surface area (Å²) in [5.74, 6) is -2.07. The molecule has 0 aromatic rings. The van der Waals surface area contributed by atoms with Gasteiger partial charge < -0.3 is 4.74 Å². The molecule has 2 fully saturated rings. The standard InChI is InChI=1S/C11H13NO5/c1-2-17-9(14)3-6(13)5-12-10(15)7-4-8(7)11(12)16/h7-8H,2-5H2,1H3. The highest BCUT2D eigenvalue weighted by molar-refractivity contribution is 6.11. The molecule has 92 valence electrons. The van der Waals surface area contributed by atoms with Gasteiger partial charge >= 0.3 is 5.97 Å². The van der Waals surface area contributed by atoms with E-state index in [1.807, 2.05) is 0 Å². The molecule has 0 aromatic heterocycles. The van der Waals surface area contributed by atoms with Crippen LogP contribution in [0.4, 0.5) is 0 Å². The third kappa shape index (κ3) is 2.20. The number of rotatable bonds is 5. The Morgan fingerprint density at radius 1 is 1.29 bits per heavy atom. The lowest BCUT2D eigenvalue weighted by Crippen LogP contribution is -2.38. The van der Waals surface area contributed by atoms with Crippen molar-refractivity contribution in [1.82, 2.24) is 4.90 Å². The number of Topliss-reactive ketones (excluding diaryl/α,β-unsaturated/α-hetero) is 1. The fraction of sp³-hybridized carbons (Fsp3) is 0.636. The molecule has 6 nitrogen and oxygen atoms in total. The van der Waals surface area contributed by atoms with Gasteiger partial charge in [-0.05, 0) is 13.3 Å². The van der Waals surface area contributed by atoms with E-state index in [1.165, 1.54) is 0 Å². The maximum absolute atomic E-state index is 11.5. The van der Waals surface area contributed by atoms with Crippen LogP contribution in [-0.2, 0) is 23.9 Å². The number of imide groups is 1. The third-order valence-corrected chi connectivity index (χ3v) is 2.94. The first-order chi connectivity index (χ1) is 8.04. The predicted molar refractivity (Wildman–Crippen MR) is 54.6 cm³/mol. The summed E-state index contributed by atoms with van der Waals surface area (Å²) in [4.78, 5) is 46.5. The van der Waals surface area contributed by atoms with E-state index < -0.39 is 11.8 Å². The van der Waals surface area contributed by atoms with Crippen molar-refractivity contribution in [2.45, 2.75) is 19.8 Å². The summed E-state index contributed by atoms with van der Waals surface area (Å²) in [7, 11) is 0. The van der Waals surface area contributed by atoms with E-state index in [-0.39, 0.29) is 43.2 Å². The predicted octanol–water partition coefficient (Wildman–Crippen LogP) is -0.486. The van der Waals surface area contributed by atoms with E-state index in [9.17, 15) is 19.2 Å². The van der Waals surface area contributed by atoms with E-state index in [1.54, 1.807) is 6.92 Å². The van der Waals surface area contributed by atoms with Crippen LogP contribution < -0.4 is 0 Å². The zero-order valence-corrected chi connectivity index (χ0v) is 9.47. The number of esters is 1. The highest BCUT2D eigenvalue weighted by Crippen LogP contribution is 2.46. The summed E-state index contributed by atoms with van der Waals surface area (Å²) in [5, 5.41) is 0. The number of carbonyl (C=O) groups is 4. The van der Waals surface area contributed by atoms with Crippen molar-refractivity contribution in [3.05, 3.63) is 0 Å². The average Bonchev–Trinajstić information content (AvgIpc) is 2.99. The van der Waals surface area contributed by atoms with Crippen molar-refractivity contribution in [1.29, 1.82) is 0 Å². The van der Waals surface area contributed by atoms with E-state index >= 15 is 0 Å². The molecule has 0 radical (unpaired) electrons. The quantitative estimate of drug-likeness (QED) is 0.367. The number of fused-ring (bicyclic) bond motifs is 1. The first-order valence-electron chi connectivity index (χ1n) is 5.57. The maximum Gasteiger partial charge on any atom is 0.313 e. The van der Waals surface area contributed by atoms with E-state index in [0.717, 1.165) is 4.90 Å². The Labute approximate surface area is 97.9 Å². The number of hydrogen-bond acceptors (Lipinski definition) is 5. The SMILES string of the molecule is CCOC(=O)CC(=O)CN1C(=O)C2CC2C1=O. The van der Waals surface area contributed by atoms with E-state index in [2.05, 4.69) is 4.74 Å². The minimum Gasteiger partial charge on any atom is -0.466 e. The Morgan fingerprint density at radius 2 is 1.88 bits per heavy atom. The van der Waals surface area contributed by atoms with E-state index in [0.29, 0.717) is 6.42 Å². The first kappa shape index (κ1) is 11.8. The Hall–Kier alpha value is -1.72. The second kappa shape index (κ2) is 4.27. The molecular weight excluding hydrogens is 226 g/mol. The van der Waals surface area contributed by atoms with Crippen molar-refractivity contribution in [3.63, 3.8) is 0 Å². The summed E-state index contributed by atoms with van der Waals surface area (Å²) < 4.78 is 4.61. The molecule has 2 unspecified atom stereocenters. The molecule has 6 heteroatoms. The molecular formula is C11H13NO5. The van der Waals surface area contributed by atoms with Crippen LogP contribution in [-0.4, -0.2) is 41.6 Å². The van der Waals surface area contributed by atoms with Crippen molar-refractivity contribution in [2.75, 3.05) is 13.2 Å². The van der Waals surface area contributed by atoms with Gasteiger partial charge in [0, 0.05) is 0 Å². The van der Waals surface area contributed by atoms with Gasteiger partial charge in [-0.1, -0.05) is 0 Å². The zero-order valence-electron chi connectivity index (χ0n) is 9.47. The first-order valence-corrected chi connectivity index (χ1v) is 5.57. The summed E-state index contributed by atoms with van der Waals surface area (Å²) >= 11 is 0. The lowest BCUT2D eigenvalue weighted by Gasteiger charge is -2.14. The minimum atomic E-state index is -0.623. The molecule has 0 aromatic carbocycles. The number of carbonyl (C=O) groups excluding carboxylic acids is 4. The maximum atomic E-state index is 11.5. The van der Waals surface area contributed by atoms with Gasteiger partial charge in [-0.2, -0.15) is 0 Å². The van der Waals surface area contributed by atoms with Crippen LogP contribution >= 0.6 is 0 Å². The topological polar surface area (TPSA) is 80.8 Å². The number of amides is 2. The summed E-state index contributed by atoms with van der Waals surface area (Å²) in [5.41, 5.74) is 0. The molecule has 1 saturated heterocycles. The molecule has 2 atom stereocenters. The number of hydrogen-bond donors (Lipinski definition) is 0. The van der Waals surface area contributed by atoms with Gasteiger partial charge in [-0.25, -0.2) is 0 Å². The largest absolute Gasteiger partial charge is 0.466 e. The van der Waals surface area contributed by atoms with Crippen LogP contribution in [0.3, 0.4) is 0 Å². The summed E-state index contributed by atoms with van der Waals surface area (Å²) in [6.45, 7) is 1.55. The van der Waals surface area contributed by atoms with Crippen LogP contribution in [0.15, 0.2) is 0 Å². The molecule has 1 aliphatic carbocycles. The van der Waals surface area contributed by atoms with Crippen molar-refractivity contribution < 1.29 is 23.9 Å². The second-order valence-corrected chi connectivity index (χ2v) is 4.23. The smallest absolute Gasteiger partial charge is 0.313 e. The molecule has 1 saturated carbocycles. The van der Waals surface area contributed by atoms with Gasteiger partial charge in [0.05, 0.1) is 25.0 Å². The van der Waals surface area contributed by atoms with Crippen LogP contribution in [0, 0.1) is 11.8 Å². The Bertz CT molecular complexity index is 383. The second-order valence-electron chi connectivity index (χ2n) is 4.23. The molecule has 0 bridgehead atoms. The Morgan fingerprint density at radius 3 is 2.41 bits per heavy atom. The van der Waals surface area contributed by atoms with Crippen LogP contribution in [0.5, 0.6) is 0 Å². The molecule has 2 rings (SSSR count). The highest BCUT2D eigenvalue weighted by atomic mass is 16.5. The summed E-state index contributed by atoms with van der Waals surface area (Å²) in [6, 6.07) is 0. The van der Waals surface area contributed by atoms with Gasteiger partial charge in [0.25, 0.3) is 0 Å². The van der Waals surface area contributed by atoms with Crippen LogP contribution in [0.1, 0.15) is 19.8 Å². The third-order valence-electron chi connectivity index (χ3n) is 2.94. The molecule has 2 amide bonds. The fourth-order valence-corrected chi connectivity index (χ4v) is 2.01. The minimum absolute atomic E-state index is 0.206. The zero-order chi connectivity index (χ0) is 12.6. The van der Waals surface area contributed by atoms with Crippen LogP contribution in [0.25, 0.3) is 0 Å². The van der Waals surface area contributed by atoms with Crippen molar-refractivity contribution in [2.24, 2.45) is 11.8 Å². The molecule has 17 heavy (non-hydrogen) atoms. The highest BCUT2D eigenvalue weighted by Gasteiger charge is 2.58. The molecule has 1 aliphatic heterocycles. The average molecular weight is 239 g/mol. The number of nitrogens with zero attached hydrogens (tertiary/aromatic N) is 1. The normalized spacial score (nSPS) is 25.8. The monoisotopic (exact) mass is 239 g/mol. The van der Waals surface area contributed by atoms with Gasteiger partial charge in [0.1, 0.15) is 6.42 Å². The van der Waals surface area contributed by atoms with Crippen molar-refractivity contribution >= 4 is 23.6 Å². The fourth-order valence-electron chi connectivity index (χ4n) is 2.01. The van der Waals surface area contributed by atoms with Gasteiger partial charge in [0.2, 0.25) is 11.8 Å². The number of likely N-dealkylation sites (tertiary alicyclic amines) is 1. The molecule has 0 N–H and O–H groups in total. The van der Waals surface area contributed by atoms with Crippen molar-refractivity contribution in [3.8, 4) is 0 Å². The number of ether oxygens (including phenoxy) is 1. The van der Waals surface area contributed by atoms with Crippen LogP contribution in [0.2, 0.25) is 0 Å². The Kier molecular flexibility index (Phi) is 2.95.